The molecule has 0 aromatic rings. The van der Waals surface area contributed by atoms with E-state index >= 15 is 0 Å². The lowest BCUT2D eigenvalue weighted by atomic mass is 10.0. The van der Waals surface area contributed by atoms with E-state index in [-0.39, 0.29) is 0 Å². The van der Waals surface area contributed by atoms with Crippen molar-refractivity contribution in [3.05, 3.63) is 0 Å². The van der Waals surface area contributed by atoms with Crippen LogP contribution in [-0.2, 0) is 4.79 Å². The molecule has 2 heterocycles. The van der Waals surface area contributed by atoms with Gasteiger partial charge in [0, 0.05) is 19.0 Å². The molecule has 0 aromatic carbocycles. The van der Waals surface area contributed by atoms with Crippen LogP contribution in [0.1, 0.15) is 39.0 Å². The van der Waals surface area contributed by atoms with Crippen LogP contribution in [0.4, 0.5) is 0 Å². The molecule has 1 aliphatic carbocycles. The van der Waals surface area contributed by atoms with Crippen LogP contribution in [0, 0.1) is 17.8 Å². The van der Waals surface area contributed by atoms with Crippen molar-refractivity contribution in [3.8, 4) is 0 Å². The van der Waals surface area contributed by atoms with Crippen molar-refractivity contribution >= 4 is 5.91 Å². The average Bonchev–Trinajstić information content (AvgIpc) is 2.62. The Kier molecular flexibility index (Phi) is 1.86. The van der Waals surface area contributed by atoms with E-state index in [0.29, 0.717) is 11.9 Å². The topological polar surface area (TPSA) is 20.3 Å². The molecule has 1 saturated carbocycles. The molecule has 0 N–H and O–H groups in total. The highest BCUT2D eigenvalue weighted by Gasteiger charge is 2.49. The quantitative estimate of drug-likeness (QED) is 0.576. The predicted octanol–water partition coefficient (Wildman–Crippen LogP) is 2.04. The van der Waals surface area contributed by atoms with Gasteiger partial charge in [0.05, 0.1) is 0 Å². The summed E-state index contributed by atoms with van der Waals surface area (Å²) in [7, 11) is 0. The summed E-state index contributed by atoms with van der Waals surface area (Å²) in [6, 6.07) is 0.611. The standard InChI is InChI=1S/C12H19NO/c1-8-10-4-5-12(14)13-6-2-3-9(13)7-11(8)10/h8-11H,2-7H2,1H3. The van der Waals surface area contributed by atoms with Crippen molar-refractivity contribution in [2.75, 3.05) is 6.54 Å². The van der Waals surface area contributed by atoms with Gasteiger partial charge in [-0.1, -0.05) is 6.92 Å². The maximum absolute atomic E-state index is 11.8. The summed E-state index contributed by atoms with van der Waals surface area (Å²) >= 11 is 0. The molecule has 0 bridgehead atoms. The fourth-order valence-corrected chi connectivity index (χ4v) is 3.66. The van der Waals surface area contributed by atoms with Gasteiger partial charge in [0.2, 0.25) is 5.91 Å². The second-order valence-electron chi connectivity index (χ2n) is 5.34. The third-order valence-electron chi connectivity index (χ3n) is 4.69. The smallest absolute Gasteiger partial charge is 0.222 e. The molecule has 2 saturated heterocycles. The van der Waals surface area contributed by atoms with Crippen molar-refractivity contribution in [3.63, 3.8) is 0 Å². The van der Waals surface area contributed by atoms with Gasteiger partial charge in [0.15, 0.2) is 0 Å². The minimum atomic E-state index is 0.435. The van der Waals surface area contributed by atoms with E-state index in [2.05, 4.69) is 11.8 Å². The molecule has 3 fully saturated rings. The maximum Gasteiger partial charge on any atom is 0.222 e. The van der Waals surface area contributed by atoms with Crippen LogP contribution in [0.3, 0.4) is 0 Å². The van der Waals surface area contributed by atoms with E-state index in [9.17, 15) is 4.79 Å². The van der Waals surface area contributed by atoms with E-state index < -0.39 is 0 Å². The number of hydrogen-bond acceptors (Lipinski definition) is 1. The van der Waals surface area contributed by atoms with Crippen LogP contribution in [-0.4, -0.2) is 23.4 Å². The summed E-state index contributed by atoms with van der Waals surface area (Å²) in [5.41, 5.74) is 0. The fourth-order valence-electron chi connectivity index (χ4n) is 3.66. The summed E-state index contributed by atoms with van der Waals surface area (Å²) in [5, 5.41) is 0. The summed E-state index contributed by atoms with van der Waals surface area (Å²) in [5.74, 6) is 3.18. The Morgan fingerprint density at radius 3 is 3.00 bits per heavy atom. The molecule has 2 aliphatic heterocycles. The number of amides is 1. The van der Waals surface area contributed by atoms with Gasteiger partial charge in [-0.2, -0.15) is 0 Å². The maximum atomic E-state index is 11.8. The Morgan fingerprint density at radius 1 is 1.29 bits per heavy atom. The first-order valence-electron chi connectivity index (χ1n) is 6.07. The molecule has 14 heavy (non-hydrogen) atoms. The van der Waals surface area contributed by atoms with E-state index in [1.165, 1.54) is 19.3 Å². The monoisotopic (exact) mass is 193 g/mol. The van der Waals surface area contributed by atoms with Gasteiger partial charge in [-0.15, -0.1) is 0 Å². The molecule has 0 aromatic heterocycles. The number of hydrogen-bond donors (Lipinski definition) is 0. The third kappa shape index (κ3) is 1.19. The first-order valence-corrected chi connectivity index (χ1v) is 6.07. The van der Waals surface area contributed by atoms with Crippen molar-refractivity contribution in [1.29, 1.82) is 0 Å². The highest BCUT2D eigenvalue weighted by atomic mass is 16.2. The van der Waals surface area contributed by atoms with Crippen molar-refractivity contribution in [2.24, 2.45) is 17.8 Å². The lowest BCUT2D eigenvalue weighted by Crippen LogP contribution is -2.36. The van der Waals surface area contributed by atoms with Crippen molar-refractivity contribution in [2.45, 2.75) is 45.1 Å². The van der Waals surface area contributed by atoms with Gasteiger partial charge in [0.25, 0.3) is 0 Å². The highest BCUT2D eigenvalue weighted by molar-refractivity contribution is 5.77. The fraction of sp³-hybridized carbons (Fsp3) is 0.917. The van der Waals surface area contributed by atoms with E-state index in [1.807, 2.05) is 0 Å². The second kappa shape index (κ2) is 2.98. The molecule has 4 unspecified atom stereocenters. The molecule has 4 atom stereocenters. The van der Waals surface area contributed by atoms with Gasteiger partial charge >= 0.3 is 0 Å². The lowest BCUT2D eigenvalue weighted by Gasteiger charge is -2.26. The number of carbonyl (C=O) groups is 1. The number of carbonyl (C=O) groups excluding carboxylic acids is 1. The van der Waals surface area contributed by atoms with Crippen LogP contribution >= 0.6 is 0 Å². The normalized spacial score (nSPS) is 46.6. The molecule has 78 valence electrons. The number of fused-ring (bicyclic) bond motifs is 2. The Bertz CT molecular complexity index is 263. The molecule has 2 heteroatoms. The molecule has 1 amide bonds. The van der Waals surface area contributed by atoms with Crippen molar-refractivity contribution in [1.82, 2.24) is 4.90 Å². The summed E-state index contributed by atoms with van der Waals surface area (Å²) in [6.45, 7) is 3.40. The van der Waals surface area contributed by atoms with Gasteiger partial charge in [-0.3, -0.25) is 4.79 Å². The SMILES string of the molecule is CC1C2CCC(=O)N3CCCC3CC12. The Hall–Kier alpha value is -0.530. The zero-order valence-corrected chi connectivity index (χ0v) is 8.91. The van der Waals surface area contributed by atoms with Gasteiger partial charge in [-0.05, 0) is 43.4 Å². The molecule has 0 spiro atoms. The molecule has 2 nitrogen and oxygen atoms in total. The molecule has 3 rings (SSSR count). The van der Waals surface area contributed by atoms with E-state index in [4.69, 9.17) is 0 Å². The largest absolute Gasteiger partial charge is 0.340 e. The van der Waals surface area contributed by atoms with Gasteiger partial charge in [-0.25, -0.2) is 0 Å². The second-order valence-corrected chi connectivity index (χ2v) is 5.34. The zero-order valence-electron chi connectivity index (χ0n) is 8.91. The van der Waals surface area contributed by atoms with Crippen LogP contribution in [0.2, 0.25) is 0 Å². The minimum Gasteiger partial charge on any atom is -0.340 e. The number of nitrogens with zero attached hydrogens (tertiary/aromatic N) is 1. The van der Waals surface area contributed by atoms with Crippen LogP contribution in [0.5, 0.6) is 0 Å². The molecule has 3 aliphatic rings. The van der Waals surface area contributed by atoms with Crippen LogP contribution in [0.25, 0.3) is 0 Å². The lowest BCUT2D eigenvalue weighted by molar-refractivity contribution is -0.132. The highest BCUT2D eigenvalue weighted by Crippen LogP contribution is 2.53. The Balaban J connectivity index is 1.77. The Labute approximate surface area is 85.7 Å². The van der Waals surface area contributed by atoms with Crippen LogP contribution < -0.4 is 0 Å². The minimum absolute atomic E-state index is 0.435. The first-order chi connectivity index (χ1) is 6.77. The molecular formula is C12H19NO. The summed E-state index contributed by atoms with van der Waals surface area (Å²) < 4.78 is 0. The van der Waals surface area contributed by atoms with Gasteiger partial charge in [0.1, 0.15) is 0 Å². The average molecular weight is 193 g/mol. The molecule has 0 radical (unpaired) electrons. The van der Waals surface area contributed by atoms with E-state index in [1.54, 1.807) is 0 Å². The third-order valence-corrected chi connectivity index (χ3v) is 4.69. The number of rotatable bonds is 0. The Morgan fingerprint density at radius 2 is 2.14 bits per heavy atom. The molecular weight excluding hydrogens is 174 g/mol. The van der Waals surface area contributed by atoms with E-state index in [0.717, 1.165) is 37.1 Å². The summed E-state index contributed by atoms with van der Waals surface area (Å²) in [6.07, 6.45) is 5.79. The zero-order chi connectivity index (χ0) is 9.71. The summed E-state index contributed by atoms with van der Waals surface area (Å²) in [4.78, 5) is 14.0. The van der Waals surface area contributed by atoms with Crippen molar-refractivity contribution < 1.29 is 4.79 Å². The first kappa shape index (κ1) is 8.75. The van der Waals surface area contributed by atoms with Crippen LogP contribution in [0.15, 0.2) is 0 Å². The predicted molar refractivity (Wildman–Crippen MR) is 54.7 cm³/mol. The van der Waals surface area contributed by atoms with Gasteiger partial charge < -0.3 is 4.90 Å².